The van der Waals surface area contributed by atoms with Crippen LogP contribution in [-0.4, -0.2) is 24.3 Å². The van der Waals surface area contributed by atoms with Crippen LogP contribution in [-0.2, 0) is 16.4 Å². The summed E-state index contributed by atoms with van der Waals surface area (Å²) in [5.74, 6) is 0.275. The molecule has 2 aromatic carbocycles. The minimum atomic E-state index is -3.73. The highest BCUT2D eigenvalue weighted by Gasteiger charge is 2.20. The fourth-order valence-electron chi connectivity index (χ4n) is 3.10. The Bertz CT molecular complexity index is 1410. The minimum absolute atomic E-state index is 0.170. The van der Waals surface area contributed by atoms with Gasteiger partial charge < -0.3 is 5.32 Å². The average molecular weight is 443 g/mol. The number of sulfone groups is 1. The molecule has 0 bridgehead atoms. The minimum Gasteiger partial charge on any atom is -0.325 e. The normalized spacial score (nSPS) is 11.7. The van der Waals surface area contributed by atoms with Gasteiger partial charge in [0.2, 0.25) is 15.8 Å². The van der Waals surface area contributed by atoms with E-state index in [-0.39, 0.29) is 22.3 Å². The van der Waals surface area contributed by atoms with Crippen molar-refractivity contribution in [1.29, 1.82) is 5.26 Å². The van der Waals surface area contributed by atoms with Gasteiger partial charge in [0.1, 0.15) is 0 Å². The van der Waals surface area contributed by atoms with Gasteiger partial charge in [0.15, 0.2) is 6.19 Å². The number of pyridine rings is 2. The van der Waals surface area contributed by atoms with Crippen LogP contribution >= 0.6 is 0 Å². The van der Waals surface area contributed by atoms with Crippen LogP contribution in [0.4, 0.5) is 5.69 Å². The quantitative estimate of drug-likeness (QED) is 0.210. The van der Waals surface area contributed by atoms with E-state index < -0.39 is 9.84 Å². The van der Waals surface area contributed by atoms with Crippen LogP contribution in [0, 0.1) is 11.5 Å². The van der Waals surface area contributed by atoms with Crippen molar-refractivity contribution in [3.63, 3.8) is 0 Å². The van der Waals surface area contributed by atoms with Crippen LogP contribution < -0.4 is 10.6 Å². The Kier molecular flexibility index (Phi) is 6.05. The molecule has 0 unspecified atom stereocenters. The zero-order valence-electron chi connectivity index (χ0n) is 16.8. The standard InChI is InChI=1S/C23H18N6O2S/c24-16-28-23(29-19-10-13-25-14-11-19)27-15-17-6-8-20(9-7-17)32(30,31)21-5-1-3-18-4-2-12-26-22(18)21/h1-14H,15H2,(H2,25,27,28,29). The number of rotatable bonds is 5. The first kappa shape index (κ1) is 21.0. The van der Waals surface area contributed by atoms with Crippen LogP contribution in [0.25, 0.3) is 10.9 Å². The molecule has 0 fully saturated rings. The lowest BCUT2D eigenvalue weighted by Crippen LogP contribution is -2.26. The molecular formula is C23H18N6O2S. The van der Waals surface area contributed by atoms with Gasteiger partial charge in [0, 0.05) is 29.7 Å². The lowest BCUT2D eigenvalue weighted by Gasteiger charge is -2.09. The van der Waals surface area contributed by atoms with Crippen molar-refractivity contribution in [2.24, 2.45) is 4.99 Å². The van der Waals surface area contributed by atoms with Crippen LogP contribution in [0.2, 0.25) is 0 Å². The van der Waals surface area contributed by atoms with E-state index in [4.69, 9.17) is 5.26 Å². The van der Waals surface area contributed by atoms with Crippen LogP contribution in [0.15, 0.2) is 100 Å². The number of fused-ring (bicyclic) bond motifs is 1. The molecule has 4 rings (SSSR count). The van der Waals surface area contributed by atoms with Crippen molar-refractivity contribution < 1.29 is 8.42 Å². The third-order valence-electron chi connectivity index (χ3n) is 4.66. The highest BCUT2D eigenvalue weighted by molar-refractivity contribution is 7.91. The number of nitrogens with one attached hydrogen (secondary N) is 2. The third kappa shape index (κ3) is 4.55. The van der Waals surface area contributed by atoms with Gasteiger partial charge >= 0.3 is 0 Å². The first-order chi connectivity index (χ1) is 15.6. The van der Waals surface area contributed by atoms with Gasteiger partial charge in [-0.25, -0.2) is 13.4 Å². The van der Waals surface area contributed by atoms with Gasteiger partial charge in [-0.15, -0.1) is 0 Å². The summed E-state index contributed by atoms with van der Waals surface area (Å²) in [6.45, 7) is 0.248. The zero-order chi connectivity index (χ0) is 22.4. The van der Waals surface area contributed by atoms with E-state index in [1.54, 1.807) is 73.2 Å². The number of guanidine groups is 1. The lowest BCUT2D eigenvalue weighted by molar-refractivity contribution is 0.596. The zero-order valence-corrected chi connectivity index (χ0v) is 17.6. The maximum absolute atomic E-state index is 13.2. The van der Waals surface area contributed by atoms with Crippen LogP contribution in [0.5, 0.6) is 0 Å². The summed E-state index contributed by atoms with van der Waals surface area (Å²) in [4.78, 5) is 12.9. The molecule has 0 radical (unpaired) electrons. The van der Waals surface area contributed by atoms with Crippen molar-refractivity contribution in [2.45, 2.75) is 16.3 Å². The smallest absolute Gasteiger partial charge is 0.209 e. The lowest BCUT2D eigenvalue weighted by atomic mass is 10.2. The third-order valence-corrected chi connectivity index (χ3v) is 6.46. The number of nitriles is 1. The average Bonchev–Trinajstić information content (AvgIpc) is 2.83. The number of aromatic nitrogens is 2. The molecule has 0 atom stereocenters. The maximum Gasteiger partial charge on any atom is 0.209 e. The molecule has 0 aliphatic heterocycles. The Morgan fingerprint density at radius 2 is 1.72 bits per heavy atom. The summed E-state index contributed by atoms with van der Waals surface area (Å²) in [6.07, 6.45) is 6.66. The molecule has 8 nitrogen and oxygen atoms in total. The van der Waals surface area contributed by atoms with Crippen molar-refractivity contribution >= 4 is 32.4 Å². The van der Waals surface area contributed by atoms with E-state index in [1.807, 2.05) is 18.3 Å². The molecule has 158 valence electrons. The molecule has 2 aromatic heterocycles. The topological polar surface area (TPSA) is 120 Å². The SMILES string of the molecule is N#CNC(=NCc1ccc(S(=O)(=O)c2cccc3cccnc23)cc1)Nc1ccncc1. The molecule has 0 aliphatic rings. The highest BCUT2D eigenvalue weighted by Crippen LogP contribution is 2.27. The molecule has 32 heavy (non-hydrogen) atoms. The Hall–Kier alpha value is -4.29. The number of anilines is 1. The Morgan fingerprint density at radius 1 is 0.969 bits per heavy atom. The first-order valence-electron chi connectivity index (χ1n) is 9.62. The second kappa shape index (κ2) is 9.24. The van der Waals surface area contributed by atoms with Crippen LogP contribution in [0.1, 0.15) is 5.56 Å². The van der Waals surface area contributed by atoms with Gasteiger partial charge in [0.05, 0.1) is 21.9 Å². The largest absolute Gasteiger partial charge is 0.325 e. The van der Waals surface area contributed by atoms with E-state index >= 15 is 0 Å². The summed E-state index contributed by atoms with van der Waals surface area (Å²) in [7, 11) is -3.73. The van der Waals surface area contributed by atoms with Gasteiger partial charge in [-0.05, 0) is 42.0 Å². The van der Waals surface area contributed by atoms with E-state index in [2.05, 4.69) is 25.6 Å². The van der Waals surface area contributed by atoms with Gasteiger partial charge in [-0.3, -0.25) is 15.3 Å². The van der Waals surface area contributed by atoms with Crippen molar-refractivity contribution in [1.82, 2.24) is 15.3 Å². The molecule has 9 heteroatoms. The molecule has 0 saturated heterocycles. The van der Waals surface area contributed by atoms with Gasteiger partial charge in [-0.2, -0.15) is 5.26 Å². The summed E-state index contributed by atoms with van der Waals surface area (Å²) in [5.41, 5.74) is 1.96. The second-order valence-electron chi connectivity index (χ2n) is 6.74. The van der Waals surface area contributed by atoms with Crippen molar-refractivity contribution in [2.75, 3.05) is 5.32 Å². The Labute approximate surface area is 185 Å². The summed E-state index contributed by atoms with van der Waals surface area (Å²) in [6, 6.07) is 18.7. The molecule has 0 saturated carbocycles. The Morgan fingerprint density at radius 3 is 2.47 bits per heavy atom. The molecule has 0 aliphatic carbocycles. The number of hydrogen-bond donors (Lipinski definition) is 2. The number of nitrogens with zero attached hydrogens (tertiary/aromatic N) is 4. The number of para-hydroxylation sites is 1. The van der Waals surface area contributed by atoms with E-state index in [0.717, 1.165) is 16.6 Å². The number of hydrogen-bond acceptors (Lipinski definition) is 6. The monoisotopic (exact) mass is 442 g/mol. The molecule has 2 heterocycles. The van der Waals surface area contributed by atoms with Gasteiger partial charge in [0.25, 0.3) is 0 Å². The first-order valence-corrected chi connectivity index (χ1v) is 11.1. The van der Waals surface area contributed by atoms with E-state index in [1.165, 1.54) is 0 Å². The predicted octanol–water partition coefficient (Wildman–Crippen LogP) is 3.50. The summed E-state index contributed by atoms with van der Waals surface area (Å²) >= 11 is 0. The van der Waals surface area contributed by atoms with Crippen molar-refractivity contribution in [3.8, 4) is 6.19 Å². The molecule has 2 N–H and O–H groups in total. The van der Waals surface area contributed by atoms with Crippen LogP contribution in [0.3, 0.4) is 0 Å². The van der Waals surface area contributed by atoms with E-state index in [9.17, 15) is 8.42 Å². The molecule has 4 aromatic rings. The highest BCUT2D eigenvalue weighted by atomic mass is 32.2. The van der Waals surface area contributed by atoms with E-state index in [0.29, 0.717) is 5.52 Å². The molecule has 0 spiro atoms. The second-order valence-corrected chi connectivity index (χ2v) is 8.66. The molecule has 0 amide bonds. The van der Waals surface area contributed by atoms with Crippen molar-refractivity contribution in [3.05, 3.63) is 90.9 Å². The fourth-order valence-corrected chi connectivity index (χ4v) is 4.53. The number of benzene rings is 2. The maximum atomic E-state index is 13.2. The molecular weight excluding hydrogens is 424 g/mol. The Balaban J connectivity index is 1.56. The summed E-state index contributed by atoms with van der Waals surface area (Å²) in [5, 5.41) is 15.2. The number of aliphatic imine (C=N–C) groups is 1. The van der Waals surface area contributed by atoms with Gasteiger partial charge in [-0.1, -0.05) is 30.3 Å². The summed E-state index contributed by atoms with van der Waals surface area (Å²) < 4.78 is 26.4. The fraction of sp³-hybridized carbons (Fsp3) is 0.0435. The predicted molar refractivity (Wildman–Crippen MR) is 121 cm³/mol.